The first-order valence-electron chi connectivity index (χ1n) is 16.6. The van der Waals surface area contributed by atoms with Crippen molar-refractivity contribution in [2.75, 3.05) is 0 Å². The van der Waals surface area contributed by atoms with Crippen molar-refractivity contribution in [3.63, 3.8) is 0 Å². The van der Waals surface area contributed by atoms with E-state index in [1.807, 2.05) is 72.9 Å². The van der Waals surface area contributed by atoms with Crippen molar-refractivity contribution in [1.29, 1.82) is 0 Å². The van der Waals surface area contributed by atoms with E-state index in [9.17, 15) is 0 Å². The summed E-state index contributed by atoms with van der Waals surface area (Å²) in [5, 5.41) is 4.35. The second-order valence-electron chi connectivity index (χ2n) is 12.3. The fourth-order valence-electron chi connectivity index (χ4n) is 7.06. The maximum absolute atomic E-state index is 6.89. The van der Waals surface area contributed by atoms with E-state index in [2.05, 4.69) is 94.5 Å². The number of pyridine rings is 1. The minimum atomic E-state index is 0.535. The molecule has 50 heavy (non-hydrogen) atoms. The molecular weight excluding hydrogens is 615 g/mol. The molecule has 6 heteroatoms. The van der Waals surface area contributed by atoms with Gasteiger partial charge in [0.05, 0.1) is 22.0 Å². The Morgan fingerprint density at radius 3 is 1.82 bits per heavy atom. The molecule has 0 aliphatic heterocycles. The van der Waals surface area contributed by atoms with Gasteiger partial charge in [-0.3, -0.25) is 4.98 Å². The molecule has 0 N–H and O–H groups in total. The van der Waals surface area contributed by atoms with Crippen molar-refractivity contribution in [1.82, 2.24) is 24.5 Å². The third-order valence-electron chi connectivity index (χ3n) is 9.32. The highest BCUT2D eigenvalue weighted by atomic mass is 16.3. The molecule has 0 radical (unpaired) electrons. The normalized spacial score (nSPS) is 11.6. The van der Waals surface area contributed by atoms with E-state index in [1.165, 1.54) is 5.39 Å². The molecule has 10 aromatic rings. The van der Waals surface area contributed by atoms with Crippen LogP contribution in [0.1, 0.15) is 0 Å². The number of rotatable bonds is 5. The Bertz CT molecular complexity index is 2790. The van der Waals surface area contributed by atoms with Gasteiger partial charge in [-0.1, -0.05) is 103 Å². The highest BCUT2D eigenvalue weighted by Crippen LogP contribution is 2.44. The summed E-state index contributed by atoms with van der Waals surface area (Å²) in [4.78, 5) is 19.6. The fourth-order valence-corrected chi connectivity index (χ4v) is 7.06. The first-order chi connectivity index (χ1) is 24.8. The lowest BCUT2D eigenvalue weighted by atomic mass is 9.99. The Morgan fingerprint density at radius 1 is 0.480 bits per heavy atom. The topological polar surface area (TPSA) is 69.6 Å². The van der Waals surface area contributed by atoms with Gasteiger partial charge in [0.15, 0.2) is 17.5 Å². The van der Waals surface area contributed by atoms with Gasteiger partial charge in [-0.25, -0.2) is 15.0 Å². The van der Waals surface area contributed by atoms with E-state index in [0.717, 1.165) is 66.3 Å². The molecule has 0 unspecified atom stereocenters. The number of para-hydroxylation sites is 2. The summed E-state index contributed by atoms with van der Waals surface area (Å²) in [6.07, 6.45) is 3.68. The highest BCUT2D eigenvalue weighted by Gasteiger charge is 2.23. The van der Waals surface area contributed by atoms with Crippen LogP contribution in [-0.4, -0.2) is 24.5 Å². The van der Waals surface area contributed by atoms with Crippen LogP contribution >= 0.6 is 0 Å². The van der Waals surface area contributed by atoms with Crippen molar-refractivity contribution in [2.24, 2.45) is 0 Å². The Morgan fingerprint density at radius 2 is 1.12 bits per heavy atom. The van der Waals surface area contributed by atoms with Gasteiger partial charge in [-0.15, -0.1) is 0 Å². The van der Waals surface area contributed by atoms with Crippen molar-refractivity contribution < 1.29 is 4.42 Å². The quantitative estimate of drug-likeness (QED) is 0.187. The van der Waals surface area contributed by atoms with Crippen molar-refractivity contribution in [2.45, 2.75) is 0 Å². The summed E-state index contributed by atoms with van der Waals surface area (Å²) >= 11 is 0. The van der Waals surface area contributed by atoms with Crippen LogP contribution in [0, 0.1) is 0 Å². The van der Waals surface area contributed by atoms with Crippen LogP contribution in [-0.2, 0) is 0 Å². The molecule has 4 aromatic heterocycles. The summed E-state index contributed by atoms with van der Waals surface area (Å²) < 4.78 is 9.24. The van der Waals surface area contributed by atoms with Crippen LogP contribution in [0.4, 0.5) is 0 Å². The largest absolute Gasteiger partial charge is 0.455 e. The molecule has 0 saturated heterocycles. The first kappa shape index (κ1) is 28.1. The fraction of sp³-hybridized carbons (Fsp3) is 0. The van der Waals surface area contributed by atoms with Crippen LogP contribution < -0.4 is 0 Å². The Balaban J connectivity index is 1.35. The molecule has 0 bridgehead atoms. The molecule has 0 spiro atoms. The summed E-state index contributed by atoms with van der Waals surface area (Å²) in [5.74, 6) is 1.72. The minimum Gasteiger partial charge on any atom is -0.455 e. The number of aromatic nitrogens is 5. The standard InChI is InChI=1S/C44H27N5O/c1-4-13-28(14-5-1)42-46-43(29-15-6-2-7-16-29)48-44(47-42)36-26-31(30-17-12-24-45-27-30)25-35-39-38(50-41(35)36)23-22-34-33-20-10-11-21-37(33)49(40(34)39)32-18-8-3-9-19-32/h1-27H. The second-order valence-corrected chi connectivity index (χ2v) is 12.3. The maximum Gasteiger partial charge on any atom is 0.167 e. The van der Waals surface area contributed by atoms with Gasteiger partial charge >= 0.3 is 0 Å². The molecule has 0 aliphatic carbocycles. The zero-order valence-corrected chi connectivity index (χ0v) is 26.7. The molecule has 0 amide bonds. The molecule has 4 heterocycles. The van der Waals surface area contributed by atoms with Crippen LogP contribution in [0.15, 0.2) is 168 Å². The molecule has 0 fully saturated rings. The predicted molar refractivity (Wildman–Crippen MR) is 201 cm³/mol. The summed E-state index contributed by atoms with van der Waals surface area (Å²) in [5.41, 5.74) is 9.40. The molecule has 234 valence electrons. The van der Waals surface area contributed by atoms with Crippen LogP contribution in [0.3, 0.4) is 0 Å². The van der Waals surface area contributed by atoms with E-state index in [1.54, 1.807) is 6.20 Å². The molecule has 6 aromatic carbocycles. The number of fused-ring (bicyclic) bond motifs is 7. The minimum absolute atomic E-state index is 0.535. The van der Waals surface area contributed by atoms with Crippen molar-refractivity contribution in [3.8, 4) is 51.0 Å². The number of benzene rings is 6. The summed E-state index contributed by atoms with van der Waals surface area (Å²) in [6, 6.07) is 51.8. The first-order valence-corrected chi connectivity index (χ1v) is 16.6. The van der Waals surface area contributed by atoms with E-state index in [0.29, 0.717) is 23.1 Å². The number of hydrogen-bond acceptors (Lipinski definition) is 5. The molecule has 0 aliphatic rings. The molecule has 10 rings (SSSR count). The lowest BCUT2D eigenvalue weighted by molar-refractivity contribution is 0.669. The molecular formula is C44H27N5O. The van der Waals surface area contributed by atoms with Gasteiger partial charge in [0.25, 0.3) is 0 Å². The Kier molecular flexibility index (Phi) is 6.39. The lowest BCUT2D eigenvalue weighted by Crippen LogP contribution is -2.00. The van der Waals surface area contributed by atoms with E-state index < -0.39 is 0 Å². The van der Waals surface area contributed by atoms with Crippen LogP contribution in [0.2, 0.25) is 0 Å². The van der Waals surface area contributed by atoms with E-state index >= 15 is 0 Å². The highest BCUT2D eigenvalue weighted by molar-refractivity contribution is 6.26. The van der Waals surface area contributed by atoms with Gasteiger partial charge in [0, 0.05) is 50.9 Å². The third-order valence-corrected chi connectivity index (χ3v) is 9.32. The zero-order chi connectivity index (χ0) is 33.0. The van der Waals surface area contributed by atoms with Crippen molar-refractivity contribution >= 4 is 43.7 Å². The predicted octanol–water partition coefficient (Wildman–Crippen LogP) is 10.9. The Labute approximate surface area is 287 Å². The Hall–Kier alpha value is -6.92. The average molecular weight is 642 g/mol. The monoisotopic (exact) mass is 641 g/mol. The number of hydrogen-bond donors (Lipinski definition) is 0. The van der Waals surface area contributed by atoms with Crippen molar-refractivity contribution in [3.05, 3.63) is 164 Å². The van der Waals surface area contributed by atoms with Crippen LogP contribution in [0.25, 0.3) is 94.7 Å². The van der Waals surface area contributed by atoms with Gasteiger partial charge in [0.2, 0.25) is 0 Å². The van der Waals surface area contributed by atoms with Gasteiger partial charge in [0.1, 0.15) is 11.2 Å². The molecule has 0 saturated carbocycles. The lowest BCUT2D eigenvalue weighted by Gasteiger charge is -2.11. The van der Waals surface area contributed by atoms with E-state index in [-0.39, 0.29) is 0 Å². The second kappa shape index (κ2) is 11.4. The summed E-state index contributed by atoms with van der Waals surface area (Å²) in [6.45, 7) is 0. The number of furan rings is 1. The van der Waals surface area contributed by atoms with Gasteiger partial charge in [-0.05, 0) is 54.1 Å². The number of nitrogens with zero attached hydrogens (tertiary/aromatic N) is 5. The third kappa shape index (κ3) is 4.50. The molecule has 6 nitrogen and oxygen atoms in total. The smallest absolute Gasteiger partial charge is 0.167 e. The molecule has 0 atom stereocenters. The zero-order valence-electron chi connectivity index (χ0n) is 26.7. The average Bonchev–Trinajstić information content (AvgIpc) is 3.74. The van der Waals surface area contributed by atoms with Gasteiger partial charge in [-0.2, -0.15) is 0 Å². The van der Waals surface area contributed by atoms with Crippen LogP contribution in [0.5, 0.6) is 0 Å². The maximum atomic E-state index is 6.89. The summed E-state index contributed by atoms with van der Waals surface area (Å²) in [7, 11) is 0. The SMILES string of the molecule is c1ccc(-c2nc(-c3ccccc3)nc(-c3cc(-c4cccnc4)cc4c3oc3ccc5c6ccccc6n(-c6ccccc6)c5c34)n2)cc1. The van der Waals surface area contributed by atoms with E-state index in [4.69, 9.17) is 19.4 Å². The van der Waals surface area contributed by atoms with Gasteiger partial charge < -0.3 is 8.98 Å².